The molecule has 0 atom stereocenters. The van der Waals surface area contributed by atoms with E-state index in [2.05, 4.69) is 41.3 Å². The summed E-state index contributed by atoms with van der Waals surface area (Å²) in [5.74, 6) is 0.968. The summed E-state index contributed by atoms with van der Waals surface area (Å²) in [4.78, 5) is 6.97. The number of aliphatic imine (C=N–C) groups is 1. The lowest BCUT2D eigenvalue weighted by molar-refractivity contribution is 0.128. The van der Waals surface area contributed by atoms with Gasteiger partial charge in [0.15, 0.2) is 5.96 Å². The molecule has 5 nitrogen and oxygen atoms in total. The zero-order chi connectivity index (χ0) is 16.7. The van der Waals surface area contributed by atoms with Crippen LogP contribution in [0.5, 0.6) is 0 Å². The average Bonchev–Trinajstić information content (AvgIpc) is 3.32. The molecule has 1 saturated carbocycles. The molecule has 0 bridgehead atoms. The van der Waals surface area contributed by atoms with Gasteiger partial charge in [-0.05, 0) is 58.3 Å². The van der Waals surface area contributed by atoms with Gasteiger partial charge in [-0.15, -0.1) is 24.0 Å². The van der Waals surface area contributed by atoms with E-state index in [1.807, 2.05) is 7.05 Å². The van der Waals surface area contributed by atoms with Crippen molar-refractivity contribution in [3.05, 3.63) is 0 Å². The Bertz CT molecular complexity index is 377. The van der Waals surface area contributed by atoms with E-state index in [4.69, 9.17) is 4.74 Å². The van der Waals surface area contributed by atoms with Crippen LogP contribution in [0.1, 0.15) is 52.9 Å². The summed E-state index contributed by atoms with van der Waals surface area (Å²) in [5, 5.41) is 7.16. The second-order valence-electron chi connectivity index (χ2n) is 7.42. The van der Waals surface area contributed by atoms with Gasteiger partial charge < -0.3 is 20.3 Å². The fourth-order valence-electron chi connectivity index (χ4n) is 3.34. The van der Waals surface area contributed by atoms with E-state index in [-0.39, 0.29) is 24.0 Å². The van der Waals surface area contributed by atoms with Crippen LogP contribution in [0, 0.1) is 5.41 Å². The highest BCUT2D eigenvalue weighted by Gasteiger charge is 2.42. The minimum Gasteiger partial charge on any atom is -0.382 e. The van der Waals surface area contributed by atoms with E-state index in [0.717, 1.165) is 32.1 Å². The number of nitrogens with one attached hydrogen (secondary N) is 2. The highest BCUT2D eigenvalue weighted by Crippen LogP contribution is 2.48. The highest BCUT2D eigenvalue weighted by atomic mass is 127. The molecule has 0 aromatic carbocycles. The summed E-state index contributed by atoms with van der Waals surface area (Å²) < 4.78 is 5.52. The van der Waals surface area contributed by atoms with Crippen molar-refractivity contribution in [2.45, 2.75) is 65.0 Å². The number of ether oxygens (including phenoxy) is 1. The van der Waals surface area contributed by atoms with Crippen LogP contribution in [0.2, 0.25) is 0 Å². The van der Waals surface area contributed by atoms with E-state index < -0.39 is 0 Å². The lowest BCUT2D eigenvalue weighted by atomic mass is 10.0. The molecular formula is C18H37IN4O. The van der Waals surface area contributed by atoms with Gasteiger partial charge >= 0.3 is 0 Å². The van der Waals surface area contributed by atoms with Crippen LogP contribution < -0.4 is 10.6 Å². The van der Waals surface area contributed by atoms with Crippen molar-refractivity contribution in [2.24, 2.45) is 10.4 Å². The summed E-state index contributed by atoms with van der Waals surface area (Å²) in [6.45, 7) is 11.7. The van der Waals surface area contributed by atoms with E-state index in [9.17, 15) is 0 Å². The first kappa shape index (κ1) is 22.0. The van der Waals surface area contributed by atoms with E-state index in [1.165, 1.54) is 38.8 Å². The van der Waals surface area contributed by atoms with E-state index >= 15 is 0 Å². The molecule has 0 radical (unpaired) electrons. The first-order valence-corrected chi connectivity index (χ1v) is 9.37. The number of hydrogen-bond donors (Lipinski definition) is 2. The third-order valence-corrected chi connectivity index (χ3v) is 5.39. The second kappa shape index (κ2) is 10.8. The third kappa shape index (κ3) is 7.04. The summed E-state index contributed by atoms with van der Waals surface area (Å²) in [6.07, 6.45) is 6.20. The largest absolute Gasteiger partial charge is 0.382 e. The minimum atomic E-state index is 0. The van der Waals surface area contributed by atoms with Crippen molar-refractivity contribution < 1.29 is 4.74 Å². The number of hydrogen-bond acceptors (Lipinski definition) is 3. The van der Waals surface area contributed by atoms with E-state index in [0.29, 0.717) is 17.5 Å². The van der Waals surface area contributed by atoms with Crippen molar-refractivity contribution in [3.8, 4) is 0 Å². The van der Waals surface area contributed by atoms with Crippen LogP contribution in [0.25, 0.3) is 0 Å². The van der Waals surface area contributed by atoms with Gasteiger partial charge in [-0.25, -0.2) is 0 Å². The molecular weight excluding hydrogens is 415 g/mol. The summed E-state index contributed by atoms with van der Waals surface area (Å²) in [7, 11) is 1.87. The Morgan fingerprint density at radius 2 is 1.96 bits per heavy atom. The minimum absolute atomic E-state index is 0. The Morgan fingerprint density at radius 1 is 1.29 bits per heavy atom. The maximum Gasteiger partial charge on any atom is 0.191 e. The van der Waals surface area contributed by atoms with Crippen LogP contribution in [0.3, 0.4) is 0 Å². The van der Waals surface area contributed by atoms with Gasteiger partial charge in [-0.1, -0.05) is 0 Å². The molecule has 142 valence electrons. The van der Waals surface area contributed by atoms with Crippen LogP contribution in [-0.2, 0) is 4.74 Å². The zero-order valence-corrected chi connectivity index (χ0v) is 18.3. The number of guanidine groups is 1. The van der Waals surface area contributed by atoms with Crippen LogP contribution in [0.4, 0.5) is 0 Å². The summed E-state index contributed by atoms with van der Waals surface area (Å²) >= 11 is 0. The standard InChI is InChI=1S/C18H36N4O.HI/c1-5-23-13-10-18(8-9-18)14-20-17(19-4)21-16-6-11-22(12-7-16)15(2)3;/h15-16H,5-14H2,1-4H3,(H2,19,20,21);1H. The molecule has 0 spiro atoms. The van der Waals surface area contributed by atoms with Gasteiger partial charge in [-0.2, -0.15) is 0 Å². The predicted octanol–water partition coefficient (Wildman–Crippen LogP) is 2.85. The monoisotopic (exact) mass is 452 g/mol. The number of rotatable bonds is 8. The number of likely N-dealkylation sites (tertiary alicyclic amines) is 1. The molecule has 2 rings (SSSR count). The Morgan fingerprint density at radius 3 is 2.46 bits per heavy atom. The van der Waals surface area contributed by atoms with Crippen LogP contribution >= 0.6 is 24.0 Å². The Balaban J connectivity index is 0.00000288. The molecule has 0 amide bonds. The summed E-state index contributed by atoms with van der Waals surface area (Å²) in [6, 6.07) is 1.21. The third-order valence-electron chi connectivity index (χ3n) is 5.39. The normalized spacial score (nSPS) is 21.5. The van der Waals surface area contributed by atoms with Gasteiger partial charge in [0.2, 0.25) is 0 Å². The number of piperidine rings is 1. The van der Waals surface area contributed by atoms with Gasteiger partial charge in [0.05, 0.1) is 0 Å². The van der Waals surface area contributed by atoms with Crippen molar-refractivity contribution in [1.29, 1.82) is 0 Å². The Hall–Kier alpha value is -0.0800. The topological polar surface area (TPSA) is 48.9 Å². The van der Waals surface area contributed by atoms with Gasteiger partial charge in [0, 0.05) is 52.0 Å². The Labute approximate surface area is 165 Å². The number of nitrogens with zero attached hydrogens (tertiary/aromatic N) is 2. The van der Waals surface area contributed by atoms with Gasteiger partial charge in [-0.3, -0.25) is 4.99 Å². The molecule has 1 saturated heterocycles. The fourth-order valence-corrected chi connectivity index (χ4v) is 3.34. The average molecular weight is 452 g/mol. The molecule has 0 unspecified atom stereocenters. The lowest BCUT2D eigenvalue weighted by Crippen LogP contribution is -2.50. The smallest absolute Gasteiger partial charge is 0.191 e. The first-order valence-electron chi connectivity index (χ1n) is 9.37. The number of halogens is 1. The SMILES string of the molecule is CCOCCC1(CNC(=NC)NC2CCN(C(C)C)CC2)CC1.I. The van der Waals surface area contributed by atoms with Gasteiger partial charge in [0.1, 0.15) is 0 Å². The molecule has 2 aliphatic rings. The molecule has 0 aromatic rings. The molecule has 2 N–H and O–H groups in total. The van der Waals surface area contributed by atoms with Crippen molar-refractivity contribution in [2.75, 3.05) is 39.9 Å². The van der Waals surface area contributed by atoms with Crippen LogP contribution in [-0.4, -0.2) is 62.8 Å². The molecule has 24 heavy (non-hydrogen) atoms. The molecule has 1 aliphatic heterocycles. The maximum atomic E-state index is 5.52. The Kier molecular flexibility index (Phi) is 9.89. The van der Waals surface area contributed by atoms with Crippen molar-refractivity contribution >= 4 is 29.9 Å². The second-order valence-corrected chi connectivity index (χ2v) is 7.42. The predicted molar refractivity (Wildman–Crippen MR) is 112 cm³/mol. The molecule has 2 fully saturated rings. The molecule has 1 heterocycles. The van der Waals surface area contributed by atoms with Crippen molar-refractivity contribution in [3.63, 3.8) is 0 Å². The lowest BCUT2D eigenvalue weighted by Gasteiger charge is -2.35. The molecule has 1 aliphatic carbocycles. The highest BCUT2D eigenvalue weighted by molar-refractivity contribution is 14.0. The maximum absolute atomic E-state index is 5.52. The van der Waals surface area contributed by atoms with Gasteiger partial charge in [0.25, 0.3) is 0 Å². The molecule has 0 aromatic heterocycles. The molecule has 6 heteroatoms. The first-order chi connectivity index (χ1) is 11.1. The van der Waals surface area contributed by atoms with E-state index in [1.54, 1.807) is 0 Å². The fraction of sp³-hybridized carbons (Fsp3) is 0.944. The quantitative estimate of drug-likeness (QED) is 0.258. The summed E-state index contributed by atoms with van der Waals surface area (Å²) in [5.41, 5.74) is 0.452. The van der Waals surface area contributed by atoms with Crippen LogP contribution in [0.15, 0.2) is 4.99 Å². The van der Waals surface area contributed by atoms with Crippen molar-refractivity contribution in [1.82, 2.24) is 15.5 Å². The zero-order valence-electron chi connectivity index (χ0n) is 15.9.